The van der Waals surface area contributed by atoms with Crippen LogP contribution in [0.25, 0.3) is 0 Å². The van der Waals surface area contributed by atoms with Gasteiger partial charge >= 0.3 is 0 Å². The van der Waals surface area contributed by atoms with Crippen molar-refractivity contribution in [1.29, 1.82) is 0 Å². The first-order chi connectivity index (χ1) is 14.1. The smallest absolute Gasteiger partial charge is 0.156 e. The molecule has 2 fully saturated rings. The number of ether oxygens (including phenoxy) is 3. The van der Waals surface area contributed by atoms with Gasteiger partial charge in [-0.2, -0.15) is 0 Å². The number of hydrogen-bond acceptors (Lipinski definition) is 4. The highest BCUT2D eigenvalue weighted by molar-refractivity contribution is 5.93. The van der Waals surface area contributed by atoms with Crippen molar-refractivity contribution in [1.82, 2.24) is 0 Å². The number of methoxy groups -OCH3 is 1. The molecule has 0 bridgehead atoms. The predicted molar refractivity (Wildman–Crippen MR) is 112 cm³/mol. The van der Waals surface area contributed by atoms with Gasteiger partial charge in [-0.05, 0) is 72.3 Å². The van der Waals surface area contributed by atoms with Crippen LogP contribution in [0.5, 0.6) is 0 Å². The molecule has 0 saturated carbocycles. The Balaban J connectivity index is 1.59. The van der Waals surface area contributed by atoms with Crippen molar-refractivity contribution < 1.29 is 19.0 Å². The third kappa shape index (κ3) is 3.39. The summed E-state index contributed by atoms with van der Waals surface area (Å²) in [5, 5.41) is 0. The Labute approximate surface area is 173 Å². The Morgan fingerprint density at radius 3 is 2.79 bits per heavy atom. The Morgan fingerprint density at radius 1 is 1.24 bits per heavy atom. The van der Waals surface area contributed by atoms with E-state index in [1.807, 2.05) is 6.08 Å². The second-order valence-electron chi connectivity index (χ2n) is 9.23. The number of hydrogen-bond donors (Lipinski definition) is 0. The number of fused-ring (bicyclic) bond motifs is 2. The summed E-state index contributed by atoms with van der Waals surface area (Å²) >= 11 is 0. The number of rotatable bonds is 4. The normalized spacial score (nSPS) is 38.9. The van der Waals surface area contributed by atoms with Gasteiger partial charge in [-0.3, -0.25) is 4.79 Å². The minimum Gasteiger partial charge on any atom is -0.377 e. The first-order valence-electron chi connectivity index (χ1n) is 11.3. The van der Waals surface area contributed by atoms with Crippen LogP contribution in [0, 0.1) is 11.8 Å². The lowest BCUT2D eigenvalue weighted by atomic mass is 9.65. The summed E-state index contributed by atoms with van der Waals surface area (Å²) in [5.74, 6) is 1.28. The third-order valence-corrected chi connectivity index (χ3v) is 7.56. The molecule has 29 heavy (non-hydrogen) atoms. The first kappa shape index (κ1) is 19.5. The van der Waals surface area contributed by atoms with Crippen LogP contribution in [0.4, 0.5) is 0 Å². The molecule has 4 heteroatoms. The number of carbonyl (C=O) groups excluding carboxylic acids is 1. The maximum absolute atomic E-state index is 12.1. The molecule has 0 aromatic rings. The van der Waals surface area contributed by atoms with E-state index in [9.17, 15) is 4.79 Å². The predicted octanol–water partition coefficient (Wildman–Crippen LogP) is 4.47. The molecule has 0 aromatic carbocycles. The number of carbonyl (C=O) groups is 1. The molecule has 1 spiro atoms. The van der Waals surface area contributed by atoms with Gasteiger partial charge in [-0.1, -0.05) is 31.6 Å². The minimum atomic E-state index is -0.0963. The largest absolute Gasteiger partial charge is 0.377 e. The molecule has 5 aliphatic rings. The second kappa shape index (κ2) is 7.64. The van der Waals surface area contributed by atoms with Crippen LogP contribution in [0.15, 0.2) is 46.6 Å². The van der Waals surface area contributed by atoms with Crippen LogP contribution in [-0.2, 0) is 19.0 Å². The molecular weight excluding hydrogens is 364 g/mol. The zero-order valence-corrected chi connectivity index (χ0v) is 17.6. The maximum atomic E-state index is 12.1. The van der Waals surface area contributed by atoms with Crippen LogP contribution >= 0.6 is 0 Å². The van der Waals surface area contributed by atoms with Crippen molar-refractivity contribution >= 4 is 5.78 Å². The van der Waals surface area contributed by atoms with E-state index >= 15 is 0 Å². The molecule has 0 amide bonds. The Morgan fingerprint density at radius 2 is 2.10 bits per heavy atom. The van der Waals surface area contributed by atoms with E-state index in [-0.39, 0.29) is 23.6 Å². The highest BCUT2D eigenvalue weighted by Gasteiger charge is 2.58. The summed E-state index contributed by atoms with van der Waals surface area (Å²) in [6.45, 7) is 3.77. The fourth-order valence-corrected chi connectivity index (χ4v) is 5.99. The van der Waals surface area contributed by atoms with Crippen molar-refractivity contribution in [2.45, 2.75) is 69.7 Å². The standard InChI is InChI=1S/C25H32O4/c1-3-4-22-21-11-7-17-13-18(26)8-12-20(17)23(21)24(28-14-25(22)15-29-25)16-5-9-19(27-2)10-6-16/h5-6,9,13,19,21-22,24H,3-4,7-8,10-12,14-15H2,1-2H3/t19?,21?,22?,24-,25+/m1/s1. The van der Waals surface area contributed by atoms with Crippen molar-refractivity contribution in [2.24, 2.45) is 11.8 Å². The molecule has 5 rings (SSSR count). The second-order valence-corrected chi connectivity index (χ2v) is 9.23. The first-order valence-corrected chi connectivity index (χ1v) is 11.3. The highest BCUT2D eigenvalue weighted by atomic mass is 16.6. The fraction of sp³-hybridized carbons (Fsp3) is 0.640. The van der Waals surface area contributed by atoms with Crippen molar-refractivity contribution in [3.8, 4) is 0 Å². The van der Waals surface area contributed by atoms with Gasteiger partial charge in [-0.25, -0.2) is 0 Å². The quantitative estimate of drug-likeness (QED) is 0.658. The molecule has 5 atom stereocenters. The van der Waals surface area contributed by atoms with Gasteiger partial charge in [0.25, 0.3) is 0 Å². The summed E-state index contributed by atoms with van der Waals surface area (Å²) in [6.07, 6.45) is 15.5. The van der Waals surface area contributed by atoms with E-state index in [0.29, 0.717) is 24.9 Å². The molecule has 0 aromatic heterocycles. The Hall–Kier alpha value is -1.49. The molecule has 156 valence electrons. The average molecular weight is 397 g/mol. The summed E-state index contributed by atoms with van der Waals surface area (Å²) in [6, 6.07) is 0. The number of epoxide rings is 1. The Bertz CT molecular complexity index is 811. The average Bonchev–Trinajstić information content (AvgIpc) is 3.54. The molecule has 3 unspecified atom stereocenters. The molecule has 3 aliphatic carbocycles. The summed E-state index contributed by atoms with van der Waals surface area (Å²) in [5.41, 5.74) is 5.28. The fourth-order valence-electron chi connectivity index (χ4n) is 5.99. The van der Waals surface area contributed by atoms with Crippen LogP contribution < -0.4 is 0 Å². The van der Waals surface area contributed by atoms with E-state index in [2.05, 4.69) is 25.2 Å². The molecule has 2 saturated heterocycles. The van der Waals surface area contributed by atoms with Crippen molar-refractivity contribution in [3.63, 3.8) is 0 Å². The van der Waals surface area contributed by atoms with E-state index < -0.39 is 0 Å². The monoisotopic (exact) mass is 396 g/mol. The van der Waals surface area contributed by atoms with Gasteiger partial charge < -0.3 is 14.2 Å². The van der Waals surface area contributed by atoms with E-state index in [4.69, 9.17) is 14.2 Å². The van der Waals surface area contributed by atoms with E-state index in [1.165, 1.54) is 35.1 Å². The lowest BCUT2D eigenvalue weighted by Gasteiger charge is -2.39. The Kier molecular flexibility index (Phi) is 5.13. The summed E-state index contributed by atoms with van der Waals surface area (Å²) in [7, 11) is 1.76. The van der Waals surface area contributed by atoms with Gasteiger partial charge in [-0.15, -0.1) is 0 Å². The third-order valence-electron chi connectivity index (χ3n) is 7.56. The van der Waals surface area contributed by atoms with Gasteiger partial charge in [0.05, 0.1) is 19.3 Å². The zero-order valence-electron chi connectivity index (χ0n) is 17.6. The lowest BCUT2D eigenvalue weighted by molar-refractivity contribution is -0.114. The molecular formula is C25H32O4. The molecule has 0 N–H and O–H groups in total. The van der Waals surface area contributed by atoms with Crippen LogP contribution in [0.1, 0.15) is 51.9 Å². The zero-order chi connectivity index (χ0) is 20.0. The van der Waals surface area contributed by atoms with Crippen LogP contribution in [0.2, 0.25) is 0 Å². The molecule has 2 heterocycles. The maximum Gasteiger partial charge on any atom is 0.156 e. The van der Waals surface area contributed by atoms with E-state index in [0.717, 1.165) is 32.3 Å². The highest BCUT2D eigenvalue weighted by Crippen LogP contribution is 2.54. The van der Waals surface area contributed by atoms with Gasteiger partial charge in [0.2, 0.25) is 0 Å². The van der Waals surface area contributed by atoms with Crippen molar-refractivity contribution in [3.05, 3.63) is 46.6 Å². The van der Waals surface area contributed by atoms with Crippen molar-refractivity contribution in [2.75, 3.05) is 20.3 Å². The lowest BCUT2D eigenvalue weighted by Crippen LogP contribution is -2.35. The molecule has 0 radical (unpaired) electrons. The van der Waals surface area contributed by atoms with Crippen LogP contribution in [-0.4, -0.2) is 43.9 Å². The van der Waals surface area contributed by atoms with Gasteiger partial charge in [0.1, 0.15) is 11.7 Å². The SMILES string of the molecule is CCCC1C2CCC3=CC(=O)CCC3=C2[C@@H](C2=CCC(OC)C=C2)OC[C@]12CO2. The van der Waals surface area contributed by atoms with E-state index in [1.54, 1.807) is 7.11 Å². The minimum absolute atomic E-state index is 0.0242. The number of allylic oxidation sites excluding steroid dienone is 3. The molecule has 4 nitrogen and oxygen atoms in total. The van der Waals surface area contributed by atoms with Gasteiger partial charge in [0.15, 0.2) is 5.78 Å². The summed E-state index contributed by atoms with van der Waals surface area (Å²) in [4.78, 5) is 12.1. The topological polar surface area (TPSA) is 48.1 Å². The van der Waals surface area contributed by atoms with Crippen LogP contribution in [0.3, 0.4) is 0 Å². The number of ketones is 1. The van der Waals surface area contributed by atoms with Gasteiger partial charge in [0, 0.05) is 13.5 Å². The summed E-state index contributed by atoms with van der Waals surface area (Å²) < 4.78 is 18.2. The molecule has 2 aliphatic heterocycles.